The van der Waals surface area contributed by atoms with E-state index in [9.17, 15) is 9.59 Å². The number of hydrogen-bond donors (Lipinski definition) is 1. The predicted molar refractivity (Wildman–Crippen MR) is 128 cm³/mol. The molecule has 0 bridgehead atoms. The summed E-state index contributed by atoms with van der Waals surface area (Å²) in [5, 5.41) is 3.00. The molecule has 0 radical (unpaired) electrons. The lowest BCUT2D eigenvalue weighted by atomic mass is 9.73. The molecule has 0 aliphatic carbocycles. The fourth-order valence-corrected chi connectivity index (χ4v) is 5.10. The number of amides is 2. The molecule has 1 spiro atoms. The van der Waals surface area contributed by atoms with E-state index in [0.717, 1.165) is 49.3 Å². The molecule has 1 aromatic heterocycles. The van der Waals surface area contributed by atoms with Crippen molar-refractivity contribution in [3.63, 3.8) is 0 Å². The van der Waals surface area contributed by atoms with Crippen molar-refractivity contribution in [3.05, 3.63) is 95.3 Å². The van der Waals surface area contributed by atoms with Gasteiger partial charge in [-0.1, -0.05) is 36.4 Å². The second-order valence-electron chi connectivity index (χ2n) is 8.98. The molecule has 0 saturated carbocycles. The lowest BCUT2D eigenvalue weighted by Gasteiger charge is -2.38. The first-order valence-corrected chi connectivity index (χ1v) is 11.4. The Balaban J connectivity index is 1.33. The normalized spacial score (nSPS) is 17.2. The average molecular weight is 441 g/mol. The molecule has 3 aromatic rings. The van der Waals surface area contributed by atoms with E-state index in [4.69, 9.17) is 0 Å². The van der Waals surface area contributed by atoms with Gasteiger partial charge in [0.2, 0.25) is 5.91 Å². The molecule has 0 atom stereocenters. The van der Waals surface area contributed by atoms with Gasteiger partial charge >= 0.3 is 0 Å². The standard InChI is InChI=1S/C27H28N4O2/c1-30-24-10-9-22(25(32)29-18-20-6-3-2-4-7-20)16-23(24)27(26(30)33)11-14-31(15-12-27)19-21-8-5-13-28-17-21/h2-10,13,16-17H,11-12,14-15,18-19H2,1H3,(H,29,32). The molecule has 1 fully saturated rings. The third-order valence-electron chi connectivity index (χ3n) is 6.98. The minimum atomic E-state index is -0.550. The van der Waals surface area contributed by atoms with Gasteiger partial charge in [-0.2, -0.15) is 0 Å². The van der Waals surface area contributed by atoms with Crippen molar-refractivity contribution < 1.29 is 9.59 Å². The molecule has 6 nitrogen and oxygen atoms in total. The van der Waals surface area contributed by atoms with Crippen LogP contribution in [0.3, 0.4) is 0 Å². The second kappa shape index (κ2) is 8.79. The van der Waals surface area contributed by atoms with Crippen molar-refractivity contribution in [2.45, 2.75) is 31.3 Å². The monoisotopic (exact) mass is 440 g/mol. The number of aromatic nitrogens is 1. The number of nitrogens with one attached hydrogen (secondary N) is 1. The van der Waals surface area contributed by atoms with Crippen molar-refractivity contribution in [1.82, 2.24) is 15.2 Å². The van der Waals surface area contributed by atoms with Gasteiger partial charge in [0.05, 0.1) is 5.41 Å². The Hall–Kier alpha value is -3.51. The Labute approximate surface area is 194 Å². The summed E-state index contributed by atoms with van der Waals surface area (Å²) in [6.45, 7) is 2.98. The Morgan fingerprint density at radius 2 is 1.79 bits per heavy atom. The largest absolute Gasteiger partial charge is 0.348 e. The number of pyridine rings is 1. The number of likely N-dealkylation sites (N-methyl/N-ethyl adjacent to an activating group) is 1. The SMILES string of the molecule is CN1C(=O)C2(CCN(Cc3cccnc3)CC2)c2cc(C(=O)NCc3ccccc3)ccc21. The zero-order valence-electron chi connectivity index (χ0n) is 18.8. The van der Waals surface area contributed by atoms with Crippen LogP contribution in [-0.4, -0.2) is 41.8 Å². The quantitative estimate of drug-likeness (QED) is 0.659. The van der Waals surface area contributed by atoms with Crippen LogP contribution in [0.25, 0.3) is 0 Å². The molecule has 6 heteroatoms. The van der Waals surface area contributed by atoms with Gasteiger partial charge in [-0.15, -0.1) is 0 Å². The molecule has 2 aliphatic rings. The van der Waals surface area contributed by atoms with Crippen molar-refractivity contribution in [1.29, 1.82) is 0 Å². The zero-order valence-corrected chi connectivity index (χ0v) is 18.8. The molecular weight excluding hydrogens is 412 g/mol. The molecule has 2 aromatic carbocycles. The van der Waals surface area contributed by atoms with Crippen LogP contribution in [0.1, 0.15) is 39.9 Å². The highest BCUT2D eigenvalue weighted by Crippen LogP contribution is 2.47. The Morgan fingerprint density at radius 1 is 1.03 bits per heavy atom. The number of carbonyl (C=O) groups is 2. The van der Waals surface area contributed by atoms with Crippen molar-refractivity contribution >= 4 is 17.5 Å². The highest BCUT2D eigenvalue weighted by molar-refractivity contribution is 6.09. The summed E-state index contributed by atoms with van der Waals surface area (Å²) in [5.41, 5.74) is 4.19. The topological polar surface area (TPSA) is 65.5 Å². The molecule has 1 saturated heterocycles. The number of benzene rings is 2. The third kappa shape index (κ3) is 4.02. The summed E-state index contributed by atoms with van der Waals surface area (Å²) < 4.78 is 0. The van der Waals surface area contributed by atoms with Crippen molar-refractivity contribution in [2.24, 2.45) is 0 Å². The lowest BCUT2D eigenvalue weighted by Crippen LogP contribution is -2.47. The van der Waals surface area contributed by atoms with E-state index < -0.39 is 5.41 Å². The number of piperidine rings is 1. The van der Waals surface area contributed by atoms with Gasteiger partial charge in [-0.05, 0) is 66.9 Å². The summed E-state index contributed by atoms with van der Waals surface area (Å²) in [6.07, 6.45) is 5.18. The molecule has 5 rings (SSSR count). The zero-order chi connectivity index (χ0) is 22.8. The first-order valence-electron chi connectivity index (χ1n) is 11.4. The smallest absolute Gasteiger partial charge is 0.251 e. The fourth-order valence-electron chi connectivity index (χ4n) is 5.10. The van der Waals surface area contributed by atoms with Gasteiger partial charge in [0.25, 0.3) is 5.91 Å². The maximum absolute atomic E-state index is 13.4. The molecule has 2 aliphatic heterocycles. The number of hydrogen-bond acceptors (Lipinski definition) is 4. The van der Waals surface area contributed by atoms with E-state index in [1.54, 1.807) is 11.1 Å². The van der Waals surface area contributed by atoms with Gasteiger partial charge in [0.15, 0.2) is 0 Å². The maximum atomic E-state index is 13.4. The van der Waals surface area contributed by atoms with Gasteiger partial charge in [0.1, 0.15) is 0 Å². The Kier molecular flexibility index (Phi) is 5.68. The third-order valence-corrected chi connectivity index (χ3v) is 6.98. The molecule has 1 N–H and O–H groups in total. The van der Waals surface area contributed by atoms with Crippen LogP contribution >= 0.6 is 0 Å². The first-order chi connectivity index (χ1) is 16.1. The lowest BCUT2D eigenvalue weighted by molar-refractivity contribution is -0.124. The number of fused-ring (bicyclic) bond motifs is 2. The van der Waals surface area contributed by atoms with Crippen molar-refractivity contribution in [3.8, 4) is 0 Å². The minimum Gasteiger partial charge on any atom is -0.348 e. The summed E-state index contributed by atoms with van der Waals surface area (Å²) in [5.74, 6) is 0.0215. The number of anilines is 1. The first kappa shape index (κ1) is 21.3. The van der Waals surface area contributed by atoms with E-state index in [1.807, 2.05) is 67.8 Å². The van der Waals surface area contributed by atoms with Crippen LogP contribution in [0, 0.1) is 0 Å². The van der Waals surface area contributed by atoms with Crippen LogP contribution in [0.5, 0.6) is 0 Å². The Bertz CT molecular complexity index is 1160. The summed E-state index contributed by atoms with van der Waals surface area (Å²) in [7, 11) is 1.84. The van der Waals surface area contributed by atoms with Crippen LogP contribution in [0.4, 0.5) is 5.69 Å². The van der Waals surface area contributed by atoms with E-state index >= 15 is 0 Å². The van der Waals surface area contributed by atoms with E-state index in [2.05, 4.69) is 21.3 Å². The molecule has 2 amide bonds. The highest BCUT2D eigenvalue weighted by atomic mass is 16.2. The number of rotatable bonds is 5. The van der Waals surface area contributed by atoms with E-state index in [-0.39, 0.29) is 11.8 Å². The van der Waals surface area contributed by atoms with E-state index in [1.165, 1.54) is 5.56 Å². The average Bonchev–Trinajstić information content (AvgIpc) is 3.06. The van der Waals surface area contributed by atoms with E-state index in [0.29, 0.717) is 12.1 Å². The van der Waals surface area contributed by atoms with Gasteiger partial charge in [-0.25, -0.2) is 0 Å². The van der Waals surface area contributed by atoms with Crippen molar-refractivity contribution in [2.75, 3.05) is 25.0 Å². The fraction of sp³-hybridized carbons (Fsp3) is 0.296. The molecular formula is C27H28N4O2. The summed E-state index contributed by atoms with van der Waals surface area (Å²) in [4.78, 5) is 34.6. The molecule has 33 heavy (non-hydrogen) atoms. The number of likely N-dealkylation sites (tertiary alicyclic amines) is 1. The van der Waals surface area contributed by atoms with Gasteiger partial charge in [-0.3, -0.25) is 19.5 Å². The van der Waals surface area contributed by atoms with Crippen LogP contribution in [0.15, 0.2) is 73.1 Å². The van der Waals surface area contributed by atoms with Crippen LogP contribution < -0.4 is 10.2 Å². The Morgan fingerprint density at radius 3 is 2.52 bits per heavy atom. The molecule has 0 unspecified atom stereocenters. The number of nitrogens with zero attached hydrogens (tertiary/aromatic N) is 3. The second-order valence-corrected chi connectivity index (χ2v) is 8.98. The number of carbonyl (C=O) groups excluding carboxylic acids is 2. The summed E-state index contributed by atoms with van der Waals surface area (Å²) in [6, 6.07) is 19.6. The highest BCUT2D eigenvalue weighted by Gasteiger charge is 2.51. The van der Waals surface area contributed by atoms with Gasteiger partial charge < -0.3 is 10.2 Å². The van der Waals surface area contributed by atoms with Gasteiger partial charge in [0, 0.05) is 43.8 Å². The predicted octanol–water partition coefficient (Wildman–Crippen LogP) is 3.52. The van der Waals surface area contributed by atoms with Crippen LogP contribution in [0.2, 0.25) is 0 Å². The molecule has 3 heterocycles. The summed E-state index contributed by atoms with van der Waals surface area (Å²) >= 11 is 0. The minimum absolute atomic E-state index is 0.118. The van der Waals surface area contributed by atoms with Crippen LogP contribution in [-0.2, 0) is 23.3 Å². The molecule has 168 valence electrons. The maximum Gasteiger partial charge on any atom is 0.251 e.